The maximum absolute atomic E-state index is 11.1. The summed E-state index contributed by atoms with van der Waals surface area (Å²) in [7, 11) is 1.86. The van der Waals surface area contributed by atoms with Gasteiger partial charge in [0.15, 0.2) is 5.82 Å². The molecule has 33 heavy (non-hydrogen) atoms. The van der Waals surface area contributed by atoms with Gasteiger partial charge in [0.25, 0.3) is 0 Å². The Labute approximate surface area is 190 Å². The molecule has 0 bridgehead atoms. The van der Waals surface area contributed by atoms with Crippen LogP contribution in [-0.4, -0.2) is 59.1 Å². The van der Waals surface area contributed by atoms with Gasteiger partial charge in [0, 0.05) is 49.6 Å². The van der Waals surface area contributed by atoms with Crippen LogP contribution < -0.4 is 5.32 Å². The third-order valence-electron chi connectivity index (χ3n) is 5.84. The maximum atomic E-state index is 11.1. The molecule has 10 heteroatoms. The predicted molar refractivity (Wildman–Crippen MR) is 123 cm³/mol. The number of aromatic nitrogens is 6. The van der Waals surface area contributed by atoms with Gasteiger partial charge in [0.1, 0.15) is 5.82 Å². The fourth-order valence-corrected chi connectivity index (χ4v) is 3.95. The lowest BCUT2D eigenvalue weighted by molar-refractivity contribution is 0.104. The number of rotatable bonds is 5. The van der Waals surface area contributed by atoms with Crippen molar-refractivity contribution < 1.29 is 9.90 Å². The molecule has 0 atom stereocenters. The van der Waals surface area contributed by atoms with Crippen LogP contribution in [0.15, 0.2) is 42.9 Å². The molecular formula is C23H24N8O2. The fraction of sp³-hybridized carbons (Fsp3) is 0.304. The number of anilines is 2. The zero-order valence-corrected chi connectivity index (χ0v) is 18.6. The highest BCUT2D eigenvalue weighted by atomic mass is 16.4. The third kappa shape index (κ3) is 4.07. The summed E-state index contributed by atoms with van der Waals surface area (Å²) in [5.41, 5.74) is 5.33. The summed E-state index contributed by atoms with van der Waals surface area (Å²) in [6.07, 6.45) is 4.62. The van der Waals surface area contributed by atoms with E-state index in [2.05, 4.69) is 39.4 Å². The first-order valence-corrected chi connectivity index (χ1v) is 10.8. The Bertz CT molecular complexity index is 1340. The summed E-state index contributed by atoms with van der Waals surface area (Å²) in [6, 6.07) is 7.73. The number of fused-ring (bicyclic) bond motifs is 1. The van der Waals surface area contributed by atoms with Crippen LogP contribution in [0.2, 0.25) is 0 Å². The number of carboxylic acid groups (broad SMARTS) is 1. The minimum atomic E-state index is -0.899. The maximum Gasteiger partial charge on any atom is 0.407 e. The number of nitrogens with one attached hydrogen (secondary N) is 1. The van der Waals surface area contributed by atoms with E-state index in [4.69, 9.17) is 10.1 Å². The highest BCUT2D eigenvalue weighted by molar-refractivity contribution is 5.82. The lowest BCUT2D eigenvalue weighted by Gasteiger charge is -2.36. The quantitative estimate of drug-likeness (QED) is 0.477. The Kier molecular flexibility index (Phi) is 5.12. The topological polar surface area (TPSA) is 122 Å². The van der Waals surface area contributed by atoms with Crippen LogP contribution in [0, 0.1) is 0 Å². The Balaban J connectivity index is 1.45. The summed E-state index contributed by atoms with van der Waals surface area (Å²) < 4.78 is 1.75. The molecule has 1 fully saturated rings. The first-order valence-electron chi connectivity index (χ1n) is 10.8. The van der Waals surface area contributed by atoms with Crippen molar-refractivity contribution in [1.29, 1.82) is 0 Å². The van der Waals surface area contributed by atoms with E-state index in [-0.39, 0.29) is 5.92 Å². The van der Waals surface area contributed by atoms with Gasteiger partial charge in [-0.05, 0) is 35.7 Å². The van der Waals surface area contributed by atoms with Crippen LogP contribution in [0.5, 0.6) is 0 Å². The van der Waals surface area contributed by atoms with Gasteiger partial charge in [0.2, 0.25) is 0 Å². The van der Waals surface area contributed by atoms with Gasteiger partial charge in [-0.25, -0.2) is 9.78 Å². The summed E-state index contributed by atoms with van der Waals surface area (Å²) >= 11 is 0. The van der Waals surface area contributed by atoms with Crippen LogP contribution in [0.1, 0.15) is 36.9 Å². The molecule has 0 unspecified atom stereocenters. The number of amides is 1. The van der Waals surface area contributed by atoms with Crippen LogP contribution in [0.3, 0.4) is 0 Å². The van der Waals surface area contributed by atoms with E-state index in [0.29, 0.717) is 30.6 Å². The van der Waals surface area contributed by atoms with Crippen molar-refractivity contribution >= 4 is 28.8 Å². The number of hydrogen-bond acceptors (Lipinski definition) is 7. The van der Waals surface area contributed by atoms with Gasteiger partial charge in [-0.2, -0.15) is 10.2 Å². The molecule has 4 aromatic rings. The Morgan fingerprint density at radius 1 is 1.15 bits per heavy atom. The van der Waals surface area contributed by atoms with E-state index in [1.165, 1.54) is 4.90 Å². The van der Waals surface area contributed by atoms with Crippen molar-refractivity contribution in [3.63, 3.8) is 0 Å². The van der Waals surface area contributed by atoms with Crippen molar-refractivity contribution in [3.8, 4) is 11.1 Å². The van der Waals surface area contributed by atoms with E-state index in [1.54, 1.807) is 10.9 Å². The molecule has 5 rings (SSSR count). The molecule has 0 aromatic carbocycles. The monoisotopic (exact) mass is 444 g/mol. The molecule has 1 aliphatic rings. The summed E-state index contributed by atoms with van der Waals surface area (Å²) in [6.45, 7) is 5.11. The molecule has 0 saturated carbocycles. The smallest absolute Gasteiger partial charge is 0.407 e. The molecule has 168 valence electrons. The largest absolute Gasteiger partial charge is 0.465 e. The Hall–Kier alpha value is -4.08. The average Bonchev–Trinajstić information content (AvgIpc) is 3.13. The summed E-state index contributed by atoms with van der Waals surface area (Å²) in [5.74, 6) is 1.71. The van der Waals surface area contributed by atoms with Crippen LogP contribution in [-0.2, 0) is 7.05 Å². The summed E-state index contributed by atoms with van der Waals surface area (Å²) in [4.78, 5) is 21.8. The first kappa shape index (κ1) is 20.8. The van der Waals surface area contributed by atoms with E-state index in [1.807, 2.05) is 43.7 Å². The molecule has 10 nitrogen and oxygen atoms in total. The van der Waals surface area contributed by atoms with Crippen LogP contribution in [0.4, 0.5) is 16.4 Å². The molecule has 0 radical (unpaired) electrons. The zero-order valence-electron chi connectivity index (χ0n) is 18.6. The van der Waals surface area contributed by atoms with Crippen LogP contribution >= 0.6 is 0 Å². The Morgan fingerprint density at radius 3 is 2.73 bits per heavy atom. The number of hydrogen-bond donors (Lipinski definition) is 2. The number of likely N-dealkylation sites (tertiary alicyclic amines) is 1. The lowest BCUT2D eigenvalue weighted by atomic mass is 9.92. The minimum absolute atomic E-state index is 0.0702. The molecule has 2 N–H and O–H groups in total. The van der Waals surface area contributed by atoms with Gasteiger partial charge >= 0.3 is 6.09 Å². The van der Waals surface area contributed by atoms with E-state index < -0.39 is 6.09 Å². The van der Waals surface area contributed by atoms with Gasteiger partial charge in [-0.3, -0.25) is 9.67 Å². The van der Waals surface area contributed by atoms with Gasteiger partial charge in [-0.1, -0.05) is 13.8 Å². The number of pyridine rings is 2. The molecule has 5 heterocycles. The molecule has 1 saturated heterocycles. The molecule has 1 aliphatic heterocycles. The third-order valence-corrected chi connectivity index (χ3v) is 5.84. The SMILES string of the molecule is CC(C)c1cnnc(Nc2ccc3ncc(-c4cn(C)nc4C4CN(C(=O)O)C4)cc3n2)c1. The number of nitrogens with zero attached hydrogens (tertiary/aromatic N) is 7. The molecule has 0 spiro atoms. The van der Waals surface area contributed by atoms with E-state index in [9.17, 15) is 4.79 Å². The number of aryl methyl sites for hydroxylation is 1. The predicted octanol–water partition coefficient (Wildman–Crippen LogP) is 3.76. The molecule has 1 amide bonds. The first-order chi connectivity index (χ1) is 15.9. The molecule has 4 aromatic heterocycles. The van der Waals surface area contributed by atoms with Crippen molar-refractivity contribution in [2.45, 2.75) is 25.7 Å². The fourth-order valence-electron chi connectivity index (χ4n) is 3.95. The minimum Gasteiger partial charge on any atom is -0.465 e. The second-order valence-electron chi connectivity index (χ2n) is 8.60. The standard InChI is InChI=1S/C23H24N8O2/c1-13(2)14-7-21(28-25-9-14)27-20-5-4-18-19(26-20)6-15(8-24-18)17-12-30(3)29-22(17)16-10-31(11-16)23(32)33/h4-9,12-13,16H,10-11H2,1-3H3,(H,32,33)(H,26,27,28). The van der Waals surface area contributed by atoms with Crippen molar-refractivity contribution in [2.24, 2.45) is 7.05 Å². The highest BCUT2D eigenvalue weighted by Crippen LogP contribution is 2.34. The Morgan fingerprint density at radius 2 is 1.97 bits per heavy atom. The highest BCUT2D eigenvalue weighted by Gasteiger charge is 2.35. The van der Waals surface area contributed by atoms with E-state index >= 15 is 0 Å². The lowest BCUT2D eigenvalue weighted by Crippen LogP contribution is -2.48. The van der Waals surface area contributed by atoms with Crippen molar-refractivity contribution in [2.75, 3.05) is 18.4 Å². The second-order valence-corrected chi connectivity index (χ2v) is 8.60. The van der Waals surface area contributed by atoms with Crippen molar-refractivity contribution in [1.82, 2.24) is 34.8 Å². The van der Waals surface area contributed by atoms with Crippen molar-refractivity contribution in [3.05, 3.63) is 54.1 Å². The summed E-state index contributed by atoms with van der Waals surface area (Å²) in [5, 5.41) is 25.2. The van der Waals surface area contributed by atoms with E-state index in [0.717, 1.165) is 33.4 Å². The van der Waals surface area contributed by atoms with Gasteiger partial charge in [0.05, 0.1) is 22.9 Å². The zero-order chi connectivity index (χ0) is 23.1. The van der Waals surface area contributed by atoms with Gasteiger partial charge < -0.3 is 15.3 Å². The molecular weight excluding hydrogens is 420 g/mol. The molecule has 0 aliphatic carbocycles. The normalized spacial score (nSPS) is 14.0. The average molecular weight is 444 g/mol. The van der Waals surface area contributed by atoms with Crippen LogP contribution in [0.25, 0.3) is 22.2 Å². The number of carbonyl (C=O) groups is 1. The second kappa shape index (κ2) is 8.12. The van der Waals surface area contributed by atoms with Gasteiger partial charge in [-0.15, -0.1) is 5.10 Å².